The summed E-state index contributed by atoms with van der Waals surface area (Å²) in [6, 6.07) is 14.1. The maximum absolute atomic E-state index is 12.2. The van der Waals surface area contributed by atoms with Crippen LogP contribution in [0.1, 0.15) is 48.1 Å². The maximum Gasteiger partial charge on any atom is 0.224 e. The summed E-state index contributed by atoms with van der Waals surface area (Å²) in [5.41, 5.74) is 5.09. The first-order valence-electron chi connectivity index (χ1n) is 8.27. The van der Waals surface area contributed by atoms with E-state index in [1.54, 1.807) is 0 Å². The molecule has 0 saturated carbocycles. The Morgan fingerprint density at radius 3 is 2.52 bits per heavy atom. The molecule has 0 bridgehead atoms. The second-order valence-corrected chi connectivity index (χ2v) is 6.76. The van der Waals surface area contributed by atoms with Gasteiger partial charge in [0.05, 0.1) is 12.5 Å². The van der Waals surface area contributed by atoms with Gasteiger partial charge in [0.15, 0.2) is 0 Å². The van der Waals surface area contributed by atoms with Crippen LogP contribution in [0.3, 0.4) is 0 Å². The molecule has 1 aliphatic rings. The lowest BCUT2D eigenvalue weighted by Crippen LogP contribution is -2.28. The van der Waals surface area contributed by atoms with E-state index in [1.807, 2.05) is 31.2 Å². The number of fused-ring (bicyclic) bond motifs is 1. The zero-order valence-electron chi connectivity index (χ0n) is 13.4. The zero-order chi connectivity index (χ0) is 16.2. The molecule has 2 nitrogen and oxygen atoms in total. The van der Waals surface area contributed by atoms with Crippen LogP contribution in [0.2, 0.25) is 5.02 Å². The molecule has 0 saturated heterocycles. The van der Waals surface area contributed by atoms with Crippen molar-refractivity contribution in [1.82, 2.24) is 5.32 Å². The Labute approximate surface area is 142 Å². The minimum atomic E-state index is 0.0297. The summed E-state index contributed by atoms with van der Waals surface area (Å²) < 4.78 is 0. The number of hydrogen-bond donors (Lipinski definition) is 1. The van der Waals surface area contributed by atoms with Crippen molar-refractivity contribution in [3.05, 3.63) is 69.7 Å². The summed E-state index contributed by atoms with van der Waals surface area (Å²) in [4.78, 5) is 12.2. The Morgan fingerprint density at radius 1 is 1.09 bits per heavy atom. The van der Waals surface area contributed by atoms with Crippen LogP contribution in [-0.4, -0.2) is 5.91 Å². The topological polar surface area (TPSA) is 29.1 Å². The van der Waals surface area contributed by atoms with Crippen LogP contribution in [0.4, 0.5) is 0 Å². The molecule has 23 heavy (non-hydrogen) atoms. The first-order valence-corrected chi connectivity index (χ1v) is 8.65. The number of carbonyl (C=O) groups excluding carboxylic acids is 1. The monoisotopic (exact) mass is 327 g/mol. The molecule has 0 radical (unpaired) electrons. The molecule has 0 unspecified atom stereocenters. The van der Waals surface area contributed by atoms with Gasteiger partial charge < -0.3 is 5.32 Å². The van der Waals surface area contributed by atoms with E-state index in [0.29, 0.717) is 11.4 Å². The molecule has 0 fully saturated rings. The van der Waals surface area contributed by atoms with Crippen LogP contribution >= 0.6 is 11.6 Å². The van der Waals surface area contributed by atoms with Gasteiger partial charge in [0.2, 0.25) is 5.91 Å². The fraction of sp³-hybridized carbons (Fsp3) is 0.350. The van der Waals surface area contributed by atoms with Crippen molar-refractivity contribution < 1.29 is 4.79 Å². The lowest BCUT2D eigenvalue weighted by molar-refractivity contribution is -0.121. The first kappa shape index (κ1) is 16.1. The molecule has 0 heterocycles. The molecule has 1 aliphatic carbocycles. The summed E-state index contributed by atoms with van der Waals surface area (Å²) in [6.07, 6.45) is 5.29. The van der Waals surface area contributed by atoms with Crippen molar-refractivity contribution in [3.63, 3.8) is 0 Å². The SMILES string of the molecule is C[C@H](NC(=O)Cc1ccc(Cl)cc1)c1ccc2c(c1)CCCC2. The molecule has 0 aliphatic heterocycles. The summed E-state index contributed by atoms with van der Waals surface area (Å²) in [6.45, 7) is 2.05. The minimum absolute atomic E-state index is 0.0297. The first-order chi connectivity index (χ1) is 11.1. The van der Waals surface area contributed by atoms with Gasteiger partial charge in [-0.15, -0.1) is 0 Å². The minimum Gasteiger partial charge on any atom is -0.349 e. The highest BCUT2D eigenvalue weighted by Crippen LogP contribution is 2.24. The molecule has 2 aromatic rings. The number of benzene rings is 2. The summed E-state index contributed by atoms with van der Waals surface area (Å²) >= 11 is 5.87. The van der Waals surface area contributed by atoms with Gasteiger partial charge in [0.1, 0.15) is 0 Å². The van der Waals surface area contributed by atoms with Gasteiger partial charge in [0.25, 0.3) is 0 Å². The molecular formula is C20H22ClNO. The Hall–Kier alpha value is -1.80. The molecule has 120 valence electrons. The molecule has 3 rings (SSSR count). The third kappa shape index (κ3) is 4.14. The number of rotatable bonds is 4. The molecule has 1 amide bonds. The highest BCUT2D eigenvalue weighted by Gasteiger charge is 2.14. The highest BCUT2D eigenvalue weighted by atomic mass is 35.5. The lowest BCUT2D eigenvalue weighted by Gasteiger charge is -2.20. The Bertz CT molecular complexity index is 693. The van der Waals surface area contributed by atoms with Gasteiger partial charge in [-0.25, -0.2) is 0 Å². The van der Waals surface area contributed by atoms with Gasteiger partial charge in [-0.3, -0.25) is 4.79 Å². The fourth-order valence-corrected chi connectivity index (χ4v) is 3.31. The van der Waals surface area contributed by atoms with E-state index in [1.165, 1.54) is 36.0 Å². The van der Waals surface area contributed by atoms with E-state index in [9.17, 15) is 4.79 Å². The molecular weight excluding hydrogens is 306 g/mol. The van der Waals surface area contributed by atoms with Crippen LogP contribution in [0.15, 0.2) is 42.5 Å². The van der Waals surface area contributed by atoms with Crippen LogP contribution in [0.5, 0.6) is 0 Å². The second-order valence-electron chi connectivity index (χ2n) is 6.33. The second kappa shape index (κ2) is 7.18. The zero-order valence-corrected chi connectivity index (χ0v) is 14.2. The lowest BCUT2D eigenvalue weighted by atomic mass is 9.89. The number of amides is 1. The van der Waals surface area contributed by atoms with Crippen molar-refractivity contribution in [1.29, 1.82) is 0 Å². The molecule has 3 heteroatoms. The average molecular weight is 328 g/mol. The highest BCUT2D eigenvalue weighted by molar-refractivity contribution is 6.30. The number of aryl methyl sites for hydroxylation is 2. The molecule has 0 aromatic heterocycles. The quantitative estimate of drug-likeness (QED) is 0.871. The number of halogens is 1. The van der Waals surface area contributed by atoms with Crippen LogP contribution < -0.4 is 5.32 Å². The van der Waals surface area contributed by atoms with Gasteiger partial charge in [-0.1, -0.05) is 41.9 Å². The Kier molecular flexibility index (Phi) is 5.02. The molecule has 0 spiro atoms. The standard InChI is InChI=1S/C20H22ClNO/c1-14(17-9-8-16-4-2-3-5-18(16)13-17)22-20(23)12-15-6-10-19(21)11-7-15/h6-11,13-14H,2-5,12H2,1H3,(H,22,23)/t14-/m0/s1. The molecule has 2 aromatic carbocycles. The predicted octanol–water partition coefficient (Wildman–Crippen LogP) is 4.64. The van der Waals surface area contributed by atoms with Gasteiger partial charge in [0, 0.05) is 5.02 Å². The largest absolute Gasteiger partial charge is 0.349 e. The van der Waals surface area contributed by atoms with Gasteiger partial charge in [-0.05, 0) is 67.0 Å². The average Bonchev–Trinajstić information content (AvgIpc) is 2.56. The molecule has 1 N–H and O–H groups in total. The summed E-state index contributed by atoms with van der Waals surface area (Å²) in [5.74, 6) is 0.0394. The van der Waals surface area contributed by atoms with E-state index in [4.69, 9.17) is 11.6 Å². The van der Waals surface area contributed by atoms with Crippen LogP contribution in [0, 0.1) is 0 Å². The number of nitrogens with one attached hydrogen (secondary N) is 1. The predicted molar refractivity (Wildman–Crippen MR) is 94.8 cm³/mol. The maximum atomic E-state index is 12.2. The summed E-state index contributed by atoms with van der Waals surface area (Å²) in [7, 11) is 0. The third-order valence-corrected chi connectivity index (χ3v) is 4.78. The van der Waals surface area contributed by atoms with E-state index >= 15 is 0 Å². The van der Waals surface area contributed by atoms with Crippen molar-refractivity contribution in [2.45, 2.75) is 45.1 Å². The van der Waals surface area contributed by atoms with Crippen molar-refractivity contribution in [3.8, 4) is 0 Å². The number of carbonyl (C=O) groups is 1. The van der Waals surface area contributed by atoms with Crippen molar-refractivity contribution in [2.24, 2.45) is 0 Å². The van der Waals surface area contributed by atoms with E-state index in [0.717, 1.165) is 12.0 Å². The van der Waals surface area contributed by atoms with E-state index < -0.39 is 0 Å². The van der Waals surface area contributed by atoms with Gasteiger partial charge in [-0.2, -0.15) is 0 Å². The summed E-state index contributed by atoms with van der Waals surface area (Å²) in [5, 5.41) is 3.79. The van der Waals surface area contributed by atoms with Crippen molar-refractivity contribution in [2.75, 3.05) is 0 Å². The third-order valence-electron chi connectivity index (χ3n) is 4.53. The Balaban J connectivity index is 1.63. The van der Waals surface area contributed by atoms with Crippen LogP contribution in [-0.2, 0) is 24.1 Å². The number of hydrogen-bond acceptors (Lipinski definition) is 1. The van der Waals surface area contributed by atoms with E-state index in [2.05, 4.69) is 23.5 Å². The van der Waals surface area contributed by atoms with Gasteiger partial charge >= 0.3 is 0 Å². The van der Waals surface area contributed by atoms with Crippen LogP contribution in [0.25, 0.3) is 0 Å². The normalized spacial score (nSPS) is 14.9. The smallest absolute Gasteiger partial charge is 0.224 e. The molecule has 1 atom stereocenters. The Morgan fingerprint density at radius 2 is 1.78 bits per heavy atom. The van der Waals surface area contributed by atoms with Crippen molar-refractivity contribution >= 4 is 17.5 Å². The fourth-order valence-electron chi connectivity index (χ4n) is 3.19. The van der Waals surface area contributed by atoms with E-state index in [-0.39, 0.29) is 11.9 Å².